The van der Waals surface area contributed by atoms with Crippen LogP contribution in [0.25, 0.3) is 0 Å². The summed E-state index contributed by atoms with van der Waals surface area (Å²) < 4.78 is 4.98. The van der Waals surface area contributed by atoms with Crippen LogP contribution in [0.5, 0.6) is 0 Å². The molecular weight excluding hydrogens is 194 g/mol. The highest BCUT2D eigenvalue weighted by Gasteiger charge is 2.35. The quantitative estimate of drug-likeness (QED) is 0.796. The Balaban J connectivity index is 2.40. The number of azo groups is 1. The van der Waals surface area contributed by atoms with Gasteiger partial charge in [0, 0.05) is 11.6 Å². The number of nitrogens with two attached hydrogens (primary N) is 1. The normalized spacial score (nSPS) is 22.9. The van der Waals surface area contributed by atoms with Crippen LogP contribution in [0.1, 0.15) is 5.56 Å². The van der Waals surface area contributed by atoms with Crippen molar-refractivity contribution in [3.05, 3.63) is 48.2 Å². The largest absolute Gasteiger partial charge is 0.411 e. The monoisotopic (exact) mass is 203 g/mol. The molecule has 0 fully saturated rings. The summed E-state index contributed by atoms with van der Waals surface area (Å²) in [5, 5.41) is 7.55. The van der Waals surface area contributed by atoms with E-state index in [0.717, 1.165) is 0 Å². The average molecular weight is 203 g/mol. The second kappa shape index (κ2) is 3.53. The lowest BCUT2D eigenvalue weighted by atomic mass is 10.0. The fourth-order valence-electron chi connectivity index (χ4n) is 1.38. The molecule has 1 amide bonds. The van der Waals surface area contributed by atoms with Crippen LogP contribution < -0.4 is 5.73 Å². The Hall–Kier alpha value is -2.17. The second-order valence-electron chi connectivity index (χ2n) is 3.01. The molecule has 1 aromatic carbocycles. The van der Waals surface area contributed by atoms with E-state index < -0.39 is 11.8 Å². The number of amides is 1. The molecule has 0 saturated carbocycles. The molecule has 5 heteroatoms. The molecule has 1 aliphatic rings. The van der Waals surface area contributed by atoms with E-state index in [-0.39, 0.29) is 0 Å². The van der Waals surface area contributed by atoms with Gasteiger partial charge in [-0.2, -0.15) is 5.11 Å². The minimum absolute atomic E-state index is 0.710. The summed E-state index contributed by atoms with van der Waals surface area (Å²) in [4.78, 5) is 10.8. The van der Waals surface area contributed by atoms with Crippen LogP contribution in [0.3, 0.4) is 0 Å². The van der Waals surface area contributed by atoms with E-state index >= 15 is 0 Å². The minimum atomic E-state index is -1.19. The molecule has 1 unspecified atom stereocenters. The van der Waals surface area contributed by atoms with Gasteiger partial charge in [0.2, 0.25) is 0 Å². The van der Waals surface area contributed by atoms with Crippen LogP contribution in [-0.2, 0) is 10.5 Å². The maximum atomic E-state index is 10.8. The summed E-state index contributed by atoms with van der Waals surface area (Å²) >= 11 is 0. The zero-order chi connectivity index (χ0) is 10.7. The lowest BCUT2D eigenvalue weighted by molar-refractivity contribution is 0.0568. The van der Waals surface area contributed by atoms with Crippen LogP contribution >= 0.6 is 0 Å². The predicted octanol–water partition coefficient (Wildman–Crippen LogP) is 1.91. The molecule has 5 nitrogen and oxygen atoms in total. The van der Waals surface area contributed by atoms with E-state index in [1.807, 2.05) is 18.2 Å². The highest BCUT2D eigenvalue weighted by atomic mass is 16.6. The van der Waals surface area contributed by atoms with Gasteiger partial charge in [0.1, 0.15) is 0 Å². The first kappa shape index (κ1) is 9.39. The van der Waals surface area contributed by atoms with Crippen molar-refractivity contribution in [2.75, 3.05) is 0 Å². The minimum Gasteiger partial charge on any atom is -0.411 e. The maximum Gasteiger partial charge on any atom is 0.407 e. The van der Waals surface area contributed by atoms with Crippen LogP contribution in [-0.4, -0.2) is 6.09 Å². The van der Waals surface area contributed by atoms with Crippen LogP contribution in [0.15, 0.2) is 52.8 Å². The molecule has 0 aromatic heterocycles. The van der Waals surface area contributed by atoms with Gasteiger partial charge in [-0.05, 0) is 0 Å². The molecule has 2 N–H and O–H groups in total. The van der Waals surface area contributed by atoms with Gasteiger partial charge < -0.3 is 10.5 Å². The molecule has 0 radical (unpaired) electrons. The van der Waals surface area contributed by atoms with Crippen molar-refractivity contribution in [2.24, 2.45) is 16.0 Å². The lowest BCUT2D eigenvalue weighted by Crippen LogP contribution is -2.29. The number of hydrogen-bond acceptors (Lipinski definition) is 4. The smallest absolute Gasteiger partial charge is 0.407 e. The van der Waals surface area contributed by atoms with E-state index in [9.17, 15) is 4.79 Å². The van der Waals surface area contributed by atoms with Crippen molar-refractivity contribution < 1.29 is 9.53 Å². The third-order valence-electron chi connectivity index (χ3n) is 2.02. The highest BCUT2D eigenvalue weighted by Crippen LogP contribution is 2.32. The Morgan fingerprint density at radius 2 is 2.07 bits per heavy atom. The molecule has 2 rings (SSSR count). The molecule has 0 saturated heterocycles. The molecule has 0 aliphatic carbocycles. The van der Waals surface area contributed by atoms with E-state index in [1.54, 1.807) is 18.2 Å². The number of hydrogen-bond donors (Lipinski definition) is 1. The second-order valence-corrected chi connectivity index (χ2v) is 3.01. The number of primary amides is 1. The molecule has 1 aliphatic heterocycles. The summed E-state index contributed by atoms with van der Waals surface area (Å²) in [5.41, 5.74) is 4.52. The van der Waals surface area contributed by atoms with Crippen molar-refractivity contribution in [3.8, 4) is 0 Å². The number of nitrogens with zero attached hydrogens (tertiary/aromatic N) is 2. The fraction of sp³-hybridized carbons (Fsp3) is 0.100. The predicted molar refractivity (Wildman–Crippen MR) is 52.8 cm³/mol. The number of carbonyl (C=O) groups excluding carboxylic acids is 1. The summed E-state index contributed by atoms with van der Waals surface area (Å²) in [5.74, 6) is 0. The lowest BCUT2D eigenvalue weighted by Gasteiger charge is -2.21. The van der Waals surface area contributed by atoms with Gasteiger partial charge in [-0.1, -0.05) is 30.3 Å². The number of benzene rings is 1. The molecule has 76 valence electrons. The van der Waals surface area contributed by atoms with E-state index in [2.05, 4.69) is 10.2 Å². The summed E-state index contributed by atoms with van der Waals surface area (Å²) in [6.45, 7) is 0. The van der Waals surface area contributed by atoms with Crippen molar-refractivity contribution in [1.29, 1.82) is 0 Å². The van der Waals surface area contributed by atoms with Crippen molar-refractivity contribution in [3.63, 3.8) is 0 Å². The van der Waals surface area contributed by atoms with Crippen molar-refractivity contribution >= 4 is 6.09 Å². The molecule has 0 spiro atoms. The van der Waals surface area contributed by atoms with E-state index in [4.69, 9.17) is 10.5 Å². The van der Waals surface area contributed by atoms with Crippen molar-refractivity contribution in [2.45, 2.75) is 5.72 Å². The van der Waals surface area contributed by atoms with E-state index in [1.165, 1.54) is 6.20 Å². The fourth-order valence-corrected chi connectivity index (χ4v) is 1.38. The third kappa shape index (κ3) is 1.71. The Bertz CT molecular complexity index is 414. The first-order valence-electron chi connectivity index (χ1n) is 4.37. The topological polar surface area (TPSA) is 77.0 Å². The zero-order valence-electron chi connectivity index (χ0n) is 7.83. The Morgan fingerprint density at radius 1 is 1.33 bits per heavy atom. The van der Waals surface area contributed by atoms with Gasteiger partial charge >= 0.3 is 6.09 Å². The number of rotatable bonds is 2. The average Bonchev–Trinajstić information content (AvgIpc) is 2.68. The Labute approximate surface area is 86.3 Å². The van der Waals surface area contributed by atoms with Gasteiger partial charge in [-0.25, -0.2) is 4.79 Å². The molecule has 0 bridgehead atoms. The van der Waals surface area contributed by atoms with Crippen molar-refractivity contribution in [1.82, 2.24) is 0 Å². The number of ether oxygens (including phenoxy) is 1. The third-order valence-corrected chi connectivity index (χ3v) is 2.02. The van der Waals surface area contributed by atoms with Crippen LogP contribution in [0, 0.1) is 0 Å². The SMILES string of the molecule is NC(=O)OC1(c2ccccc2)C=CN=N1. The summed E-state index contributed by atoms with van der Waals surface area (Å²) in [6, 6.07) is 9.08. The first-order valence-corrected chi connectivity index (χ1v) is 4.37. The van der Waals surface area contributed by atoms with Crippen LogP contribution in [0.2, 0.25) is 0 Å². The molecule has 1 aromatic rings. The van der Waals surface area contributed by atoms with Gasteiger partial charge in [0.05, 0.1) is 6.20 Å². The standard InChI is InChI=1S/C10H9N3O2/c11-9(14)15-10(6-7-12-13-10)8-4-2-1-3-5-8/h1-7H,(H2,11,14). The van der Waals surface area contributed by atoms with E-state index in [0.29, 0.717) is 5.56 Å². The molecular formula is C10H9N3O2. The number of carbonyl (C=O) groups is 1. The summed E-state index contributed by atoms with van der Waals surface area (Å²) in [7, 11) is 0. The first-order chi connectivity index (χ1) is 7.23. The van der Waals surface area contributed by atoms with Gasteiger partial charge in [0.15, 0.2) is 0 Å². The van der Waals surface area contributed by atoms with Gasteiger partial charge in [-0.3, -0.25) is 0 Å². The molecule has 15 heavy (non-hydrogen) atoms. The van der Waals surface area contributed by atoms with Gasteiger partial charge in [0.25, 0.3) is 5.72 Å². The molecule has 1 atom stereocenters. The Morgan fingerprint density at radius 3 is 2.60 bits per heavy atom. The highest BCUT2D eigenvalue weighted by molar-refractivity contribution is 5.66. The summed E-state index contributed by atoms with van der Waals surface area (Å²) in [6.07, 6.45) is 2.16. The zero-order valence-corrected chi connectivity index (χ0v) is 7.83. The Kier molecular flexibility index (Phi) is 2.21. The van der Waals surface area contributed by atoms with Gasteiger partial charge in [-0.15, -0.1) is 5.11 Å². The molecule has 1 heterocycles. The van der Waals surface area contributed by atoms with Crippen LogP contribution in [0.4, 0.5) is 4.79 Å². The maximum absolute atomic E-state index is 10.8.